The fraction of sp³-hybridized carbons (Fsp3) is 0.222. The number of nitrogens with one attached hydrogen (secondary N) is 3. The standard InChI is InChI=1S/C18H19BrFN3O2/c1-12-2-7-15(8-3-12)21-11-18(25)23-22-17(24)9-5-13-4-6-14(19)10-16(13)20/h2-4,6-8,10,21H,5,9,11H2,1H3,(H,22,24)(H,23,25). The minimum Gasteiger partial charge on any atom is -0.376 e. The Balaban J connectivity index is 1.68. The van der Waals surface area contributed by atoms with Gasteiger partial charge >= 0.3 is 0 Å². The zero-order valence-corrected chi connectivity index (χ0v) is 15.3. The average Bonchev–Trinajstić information content (AvgIpc) is 2.58. The van der Waals surface area contributed by atoms with Crippen molar-refractivity contribution in [2.45, 2.75) is 19.8 Å². The Morgan fingerprint density at radius 1 is 1.04 bits per heavy atom. The highest BCUT2D eigenvalue weighted by Crippen LogP contribution is 2.16. The third-order valence-corrected chi connectivity index (χ3v) is 3.98. The van der Waals surface area contributed by atoms with Gasteiger partial charge in [-0.05, 0) is 43.2 Å². The van der Waals surface area contributed by atoms with E-state index in [0.717, 1.165) is 11.3 Å². The van der Waals surface area contributed by atoms with E-state index in [9.17, 15) is 14.0 Å². The zero-order valence-electron chi connectivity index (χ0n) is 13.7. The summed E-state index contributed by atoms with van der Waals surface area (Å²) in [4.78, 5) is 23.4. The van der Waals surface area contributed by atoms with Crippen molar-refractivity contribution >= 4 is 33.4 Å². The number of anilines is 1. The summed E-state index contributed by atoms with van der Waals surface area (Å²) in [6.45, 7) is 2.01. The quantitative estimate of drug-likeness (QED) is 0.644. The number of halogens is 2. The van der Waals surface area contributed by atoms with Crippen LogP contribution in [0.4, 0.5) is 10.1 Å². The van der Waals surface area contributed by atoms with E-state index in [2.05, 4.69) is 32.1 Å². The Morgan fingerprint density at radius 3 is 2.40 bits per heavy atom. The van der Waals surface area contributed by atoms with E-state index in [1.165, 1.54) is 6.07 Å². The third kappa shape index (κ3) is 6.54. The van der Waals surface area contributed by atoms with Crippen molar-refractivity contribution < 1.29 is 14.0 Å². The van der Waals surface area contributed by atoms with Gasteiger partial charge in [0.2, 0.25) is 5.91 Å². The molecular weight excluding hydrogens is 389 g/mol. The van der Waals surface area contributed by atoms with Crippen LogP contribution in [0.15, 0.2) is 46.9 Å². The van der Waals surface area contributed by atoms with Gasteiger partial charge in [-0.1, -0.05) is 39.7 Å². The molecule has 2 rings (SSSR count). The molecule has 0 aliphatic carbocycles. The molecule has 3 N–H and O–H groups in total. The van der Waals surface area contributed by atoms with Crippen molar-refractivity contribution in [2.75, 3.05) is 11.9 Å². The van der Waals surface area contributed by atoms with E-state index in [-0.39, 0.29) is 37.0 Å². The molecule has 0 aliphatic heterocycles. The molecule has 0 bridgehead atoms. The van der Waals surface area contributed by atoms with Crippen molar-refractivity contribution in [1.82, 2.24) is 10.9 Å². The van der Waals surface area contributed by atoms with Crippen LogP contribution >= 0.6 is 15.9 Å². The van der Waals surface area contributed by atoms with Crippen LogP contribution in [0.1, 0.15) is 17.5 Å². The topological polar surface area (TPSA) is 70.2 Å². The van der Waals surface area contributed by atoms with E-state index in [1.807, 2.05) is 31.2 Å². The summed E-state index contributed by atoms with van der Waals surface area (Å²) in [5.41, 5.74) is 7.04. The van der Waals surface area contributed by atoms with E-state index in [0.29, 0.717) is 10.0 Å². The number of benzene rings is 2. The maximum atomic E-state index is 13.7. The van der Waals surface area contributed by atoms with Crippen LogP contribution in [0.3, 0.4) is 0 Å². The molecule has 2 aromatic rings. The van der Waals surface area contributed by atoms with Crippen LogP contribution in [0.5, 0.6) is 0 Å². The first-order chi connectivity index (χ1) is 11.9. The molecule has 0 spiro atoms. The second-order valence-electron chi connectivity index (χ2n) is 5.55. The van der Waals surface area contributed by atoms with Crippen molar-refractivity contribution in [1.29, 1.82) is 0 Å². The van der Waals surface area contributed by atoms with Crippen LogP contribution in [-0.2, 0) is 16.0 Å². The van der Waals surface area contributed by atoms with Crippen LogP contribution in [0.2, 0.25) is 0 Å². The lowest BCUT2D eigenvalue weighted by atomic mass is 10.1. The van der Waals surface area contributed by atoms with E-state index >= 15 is 0 Å². The Bertz CT molecular complexity index is 750. The van der Waals surface area contributed by atoms with Crippen molar-refractivity contribution in [3.05, 3.63) is 63.9 Å². The number of carbonyl (C=O) groups is 2. The Kier molecular flexibility index (Phi) is 6.94. The number of amides is 2. The number of hydrogen-bond acceptors (Lipinski definition) is 3. The molecule has 0 fully saturated rings. The lowest BCUT2D eigenvalue weighted by molar-refractivity contribution is -0.128. The molecule has 0 aromatic heterocycles. The normalized spacial score (nSPS) is 10.2. The van der Waals surface area contributed by atoms with Crippen LogP contribution in [-0.4, -0.2) is 18.4 Å². The Labute approximate surface area is 154 Å². The molecule has 5 nitrogen and oxygen atoms in total. The largest absolute Gasteiger partial charge is 0.376 e. The predicted molar refractivity (Wildman–Crippen MR) is 98.4 cm³/mol. The summed E-state index contributed by atoms with van der Waals surface area (Å²) in [6.07, 6.45) is 0.326. The summed E-state index contributed by atoms with van der Waals surface area (Å²) in [7, 11) is 0. The van der Waals surface area contributed by atoms with Gasteiger partial charge in [-0.3, -0.25) is 20.4 Å². The monoisotopic (exact) mass is 407 g/mol. The molecule has 7 heteroatoms. The number of hydrogen-bond donors (Lipinski definition) is 3. The number of carbonyl (C=O) groups excluding carboxylic acids is 2. The van der Waals surface area contributed by atoms with E-state index in [1.54, 1.807) is 12.1 Å². The van der Waals surface area contributed by atoms with Gasteiger partial charge in [0.05, 0.1) is 6.54 Å². The van der Waals surface area contributed by atoms with Crippen LogP contribution in [0, 0.1) is 12.7 Å². The first kappa shape index (κ1) is 18.9. The molecule has 0 unspecified atom stereocenters. The molecule has 0 radical (unpaired) electrons. The third-order valence-electron chi connectivity index (χ3n) is 3.48. The van der Waals surface area contributed by atoms with Gasteiger partial charge in [-0.2, -0.15) is 0 Å². The fourth-order valence-corrected chi connectivity index (χ4v) is 2.41. The molecular formula is C18H19BrFN3O2. The van der Waals surface area contributed by atoms with Crippen molar-refractivity contribution in [3.63, 3.8) is 0 Å². The second kappa shape index (κ2) is 9.17. The van der Waals surface area contributed by atoms with Crippen molar-refractivity contribution in [2.24, 2.45) is 0 Å². The Morgan fingerprint density at radius 2 is 1.72 bits per heavy atom. The number of hydrazine groups is 1. The predicted octanol–water partition coefficient (Wildman–Crippen LogP) is 3.09. The maximum absolute atomic E-state index is 13.7. The zero-order chi connectivity index (χ0) is 18.2. The van der Waals surface area contributed by atoms with Crippen LogP contribution < -0.4 is 16.2 Å². The molecule has 2 amide bonds. The highest BCUT2D eigenvalue weighted by molar-refractivity contribution is 9.10. The Hall–Kier alpha value is -2.41. The maximum Gasteiger partial charge on any atom is 0.257 e. The summed E-state index contributed by atoms with van der Waals surface area (Å²) in [5, 5.41) is 2.95. The summed E-state index contributed by atoms with van der Waals surface area (Å²) >= 11 is 3.18. The van der Waals surface area contributed by atoms with Gasteiger partial charge < -0.3 is 5.32 Å². The minimum absolute atomic E-state index is 0.0324. The first-order valence-corrected chi connectivity index (χ1v) is 8.55. The smallest absolute Gasteiger partial charge is 0.257 e. The van der Waals surface area contributed by atoms with Crippen LogP contribution in [0.25, 0.3) is 0 Å². The highest BCUT2D eigenvalue weighted by atomic mass is 79.9. The molecule has 0 atom stereocenters. The summed E-state index contributed by atoms with van der Waals surface area (Å²) < 4.78 is 14.3. The molecule has 0 heterocycles. The molecule has 0 aliphatic rings. The second-order valence-corrected chi connectivity index (χ2v) is 6.47. The highest BCUT2D eigenvalue weighted by Gasteiger charge is 2.08. The lowest BCUT2D eigenvalue weighted by Crippen LogP contribution is -2.44. The fourth-order valence-electron chi connectivity index (χ4n) is 2.07. The van der Waals surface area contributed by atoms with Gasteiger partial charge in [0.1, 0.15) is 5.82 Å². The van der Waals surface area contributed by atoms with Gasteiger partial charge in [-0.25, -0.2) is 4.39 Å². The summed E-state index contributed by atoms with van der Waals surface area (Å²) in [6, 6.07) is 12.3. The molecule has 2 aromatic carbocycles. The van der Waals surface area contributed by atoms with Gasteiger partial charge in [0.15, 0.2) is 0 Å². The average molecular weight is 408 g/mol. The molecule has 25 heavy (non-hydrogen) atoms. The van der Waals surface area contributed by atoms with Gasteiger partial charge in [0.25, 0.3) is 5.91 Å². The van der Waals surface area contributed by atoms with Crippen molar-refractivity contribution in [3.8, 4) is 0 Å². The van der Waals surface area contributed by atoms with E-state index in [4.69, 9.17) is 0 Å². The lowest BCUT2D eigenvalue weighted by Gasteiger charge is -2.09. The SMILES string of the molecule is Cc1ccc(NCC(=O)NNC(=O)CCc2ccc(Br)cc2F)cc1. The van der Waals surface area contributed by atoms with Gasteiger partial charge in [0, 0.05) is 16.6 Å². The minimum atomic E-state index is -0.383. The first-order valence-electron chi connectivity index (χ1n) is 7.76. The summed E-state index contributed by atoms with van der Waals surface area (Å²) in [5.74, 6) is -1.12. The molecule has 0 saturated carbocycles. The molecule has 0 saturated heterocycles. The number of rotatable bonds is 6. The molecule has 132 valence electrons. The van der Waals surface area contributed by atoms with Gasteiger partial charge in [-0.15, -0.1) is 0 Å². The number of aryl methyl sites for hydroxylation is 2. The van der Waals surface area contributed by atoms with E-state index < -0.39 is 0 Å².